The summed E-state index contributed by atoms with van der Waals surface area (Å²) in [6.07, 6.45) is 2.40. The summed E-state index contributed by atoms with van der Waals surface area (Å²) in [6.45, 7) is 5.21. The van der Waals surface area contributed by atoms with Gasteiger partial charge in [-0.3, -0.25) is 9.36 Å². The Bertz CT molecular complexity index is 681. The molecule has 3 rings (SSSR count). The number of rotatable bonds is 3. The second-order valence-corrected chi connectivity index (χ2v) is 6.06. The maximum Gasteiger partial charge on any atom is 0.259 e. The van der Waals surface area contributed by atoms with E-state index in [1.807, 2.05) is 30.3 Å². The molecule has 2 N–H and O–H groups in total. The van der Waals surface area contributed by atoms with E-state index in [1.165, 1.54) is 12.8 Å². The molecule has 0 amide bonds. The van der Waals surface area contributed by atoms with Crippen molar-refractivity contribution >= 4 is 16.6 Å². The van der Waals surface area contributed by atoms with Crippen LogP contribution < -0.4 is 11.3 Å². The molecule has 100 valence electrons. The first kappa shape index (κ1) is 12.3. The first-order chi connectivity index (χ1) is 9.03. The number of benzene rings is 1. The van der Waals surface area contributed by atoms with Crippen molar-refractivity contribution in [1.82, 2.24) is 4.57 Å². The zero-order valence-electron chi connectivity index (χ0n) is 11.5. The van der Waals surface area contributed by atoms with Crippen molar-refractivity contribution in [3.63, 3.8) is 0 Å². The molecule has 1 fully saturated rings. The predicted molar refractivity (Wildman–Crippen MR) is 79.1 cm³/mol. The summed E-state index contributed by atoms with van der Waals surface area (Å²) in [5.41, 5.74) is 6.41. The molecule has 3 heteroatoms. The van der Waals surface area contributed by atoms with Gasteiger partial charge in [-0.15, -0.1) is 0 Å². The molecular weight excluding hydrogens is 236 g/mol. The number of hydrogen-bond acceptors (Lipinski definition) is 2. The van der Waals surface area contributed by atoms with Crippen molar-refractivity contribution in [2.24, 2.45) is 11.3 Å². The lowest BCUT2D eigenvalue weighted by molar-refractivity contribution is 0.307. The fraction of sp³-hybridized carbons (Fsp3) is 0.438. The number of nitrogens with two attached hydrogens (primary N) is 1. The van der Waals surface area contributed by atoms with Gasteiger partial charge < -0.3 is 5.73 Å². The number of nitrogen functional groups attached to an aromatic ring is 1. The molecule has 0 saturated heterocycles. The number of anilines is 1. The lowest BCUT2D eigenvalue weighted by Crippen LogP contribution is -2.29. The summed E-state index contributed by atoms with van der Waals surface area (Å²) in [7, 11) is 0. The van der Waals surface area contributed by atoms with Crippen molar-refractivity contribution in [3.8, 4) is 0 Å². The van der Waals surface area contributed by atoms with Gasteiger partial charge in [0.25, 0.3) is 5.56 Å². The monoisotopic (exact) mass is 256 g/mol. The summed E-state index contributed by atoms with van der Waals surface area (Å²) < 4.78 is 1.76. The zero-order chi connectivity index (χ0) is 13.6. The van der Waals surface area contributed by atoms with Gasteiger partial charge in [-0.05, 0) is 41.7 Å². The van der Waals surface area contributed by atoms with E-state index in [-0.39, 0.29) is 11.0 Å². The summed E-state index contributed by atoms with van der Waals surface area (Å²) in [5.74, 6) is 1.17. The fourth-order valence-corrected chi connectivity index (χ4v) is 2.87. The van der Waals surface area contributed by atoms with Crippen LogP contribution in [0.4, 0.5) is 5.82 Å². The third kappa shape index (κ3) is 1.93. The highest BCUT2D eigenvalue weighted by Gasteiger charge is 2.45. The lowest BCUT2D eigenvalue weighted by Gasteiger charge is -2.22. The minimum absolute atomic E-state index is 0.0440. The maximum atomic E-state index is 12.6. The Morgan fingerprint density at radius 1 is 1.32 bits per heavy atom. The highest BCUT2D eigenvalue weighted by atomic mass is 16.1. The Hall–Kier alpha value is -1.77. The molecule has 0 unspecified atom stereocenters. The van der Waals surface area contributed by atoms with E-state index in [2.05, 4.69) is 13.8 Å². The standard InChI is InChI=1S/C16H20N2O/c1-11(2)16(7-8-16)10-18-14(17)9-12-5-3-4-6-13(12)15(18)19/h3-6,9,11H,7-8,10,17H2,1-2H3. The third-order valence-electron chi connectivity index (χ3n) is 4.64. The van der Waals surface area contributed by atoms with Gasteiger partial charge in [0.2, 0.25) is 0 Å². The molecule has 1 aromatic carbocycles. The summed E-state index contributed by atoms with van der Waals surface area (Å²) in [5, 5.41) is 1.69. The van der Waals surface area contributed by atoms with Gasteiger partial charge in [0, 0.05) is 11.9 Å². The quantitative estimate of drug-likeness (QED) is 0.917. The molecule has 2 aromatic rings. The van der Waals surface area contributed by atoms with Crippen molar-refractivity contribution in [1.29, 1.82) is 0 Å². The number of pyridine rings is 1. The van der Waals surface area contributed by atoms with Crippen LogP contribution in [0.3, 0.4) is 0 Å². The van der Waals surface area contributed by atoms with Crippen LogP contribution in [0.25, 0.3) is 10.8 Å². The van der Waals surface area contributed by atoms with E-state index < -0.39 is 0 Å². The Balaban J connectivity index is 2.12. The van der Waals surface area contributed by atoms with Gasteiger partial charge in [-0.2, -0.15) is 0 Å². The van der Waals surface area contributed by atoms with Crippen LogP contribution >= 0.6 is 0 Å². The third-order valence-corrected chi connectivity index (χ3v) is 4.64. The molecule has 0 radical (unpaired) electrons. The molecule has 19 heavy (non-hydrogen) atoms. The normalized spacial score (nSPS) is 17.0. The van der Waals surface area contributed by atoms with Crippen LogP contribution in [0.2, 0.25) is 0 Å². The first-order valence-electron chi connectivity index (χ1n) is 6.91. The minimum Gasteiger partial charge on any atom is -0.385 e. The van der Waals surface area contributed by atoms with E-state index in [1.54, 1.807) is 4.57 Å². The van der Waals surface area contributed by atoms with E-state index in [9.17, 15) is 4.79 Å². The minimum atomic E-state index is 0.0440. The summed E-state index contributed by atoms with van der Waals surface area (Å²) in [4.78, 5) is 12.6. The Morgan fingerprint density at radius 2 is 2.00 bits per heavy atom. The molecule has 0 bridgehead atoms. The van der Waals surface area contributed by atoms with Gasteiger partial charge in [0.15, 0.2) is 0 Å². The van der Waals surface area contributed by atoms with Crippen LogP contribution in [-0.2, 0) is 6.54 Å². The van der Waals surface area contributed by atoms with Gasteiger partial charge >= 0.3 is 0 Å². The number of hydrogen-bond donors (Lipinski definition) is 1. The van der Waals surface area contributed by atoms with E-state index in [4.69, 9.17) is 5.73 Å². The van der Waals surface area contributed by atoms with Crippen molar-refractivity contribution in [2.45, 2.75) is 33.2 Å². The van der Waals surface area contributed by atoms with Crippen LogP contribution in [0.15, 0.2) is 35.1 Å². The zero-order valence-corrected chi connectivity index (χ0v) is 11.5. The largest absolute Gasteiger partial charge is 0.385 e. The van der Waals surface area contributed by atoms with Crippen LogP contribution in [0.5, 0.6) is 0 Å². The summed E-state index contributed by atoms with van der Waals surface area (Å²) in [6, 6.07) is 9.56. The number of fused-ring (bicyclic) bond motifs is 1. The molecule has 0 aliphatic heterocycles. The van der Waals surface area contributed by atoms with E-state index in [0.29, 0.717) is 11.7 Å². The molecular formula is C16H20N2O. The number of nitrogens with zero attached hydrogens (tertiary/aromatic N) is 1. The fourth-order valence-electron chi connectivity index (χ4n) is 2.87. The second-order valence-electron chi connectivity index (χ2n) is 6.06. The molecule has 1 heterocycles. The summed E-state index contributed by atoms with van der Waals surface area (Å²) >= 11 is 0. The average Bonchev–Trinajstić information content (AvgIpc) is 3.16. The molecule has 3 nitrogen and oxygen atoms in total. The number of aromatic nitrogens is 1. The van der Waals surface area contributed by atoms with Gasteiger partial charge in [0.05, 0.1) is 0 Å². The average molecular weight is 256 g/mol. The van der Waals surface area contributed by atoms with Crippen LogP contribution in [-0.4, -0.2) is 4.57 Å². The van der Waals surface area contributed by atoms with Crippen molar-refractivity contribution in [2.75, 3.05) is 5.73 Å². The highest BCUT2D eigenvalue weighted by Crippen LogP contribution is 2.53. The van der Waals surface area contributed by atoms with Gasteiger partial charge in [-0.25, -0.2) is 0 Å². The van der Waals surface area contributed by atoms with Gasteiger partial charge in [-0.1, -0.05) is 32.0 Å². The predicted octanol–water partition coefficient (Wildman–Crippen LogP) is 3.02. The molecule has 1 saturated carbocycles. The lowest BCUT2D eigenvalue weighted by atomic mass is 9.92. The second kappa shape index (κ2) is 4.12. The van der Waals surface area contributed by atoms with Gasteiger partial charge in [0.1, 0.15) is 5.82 Å². The molecule has 0 atom stereocenters. The van der Waals surface area contributed by atoms with Crippen LogP contribution in [0, 0.1) is 11.3 Å². The van der Waals surface area contributed by atoms with Crippen molar-refractivity contribution < 1.29 is 0 Å². The molecule has 0 spiro atoms. The van der Waals surface area contributed by atoms with E-state index >= 15 is 0 Å². The molecule has 1 aromatic heterocycles. The van der Waals surface area contributed by atoms with E-state index in [0.717, 1.165) is 17.3 Å². The first-order valence-corrected chi connectivity index (χ1v) is 6.91. The molecule has 1 aliphatic rings. The van der Waals surface area contributed by atoms with Crippen molar-refractivity contribution in [3.05, 3.63) is 40.7 Å². The van der Waals surface area contributed by atoms with Crippen LogP contribution in [0.1, 0.15) is 26.7 Å². The maximum absolute atomic E-state index is 12.6. The molecule has 1 aliphatic carbocycles. The Morgan fingerprint density at radius 3 is 2.63 bits per heavy atom. The smallest absolute Gasteiger partial charge is 0.259 e. The highest BCUT2D eigenvalue weighted by molar-refractivity contribution is 5.83. The SMILES string of the molecule is CC(C)C1(Cn2c(N)cc3ccccc3c2=O)CC1. The Kier molecular flexibility index (Phi) is 2.66. The Labute approximate surface area is 113 Å². The topological polar surface area (TPSA) is 48.0 Å².